The third-order valence-corrected chi connectivity index (χ3v) is 7.58. The van der Waals surface area contributed by atoms with Crippen molar-refractivity contribution in [3.05, 3.63) is 56.4 Å². The maximum absolute atomic E-state index is 11.8. The van der Waals surface area contributed by atoms with Gasteiger partial charge in [0, 0.05) is 27.8 Å². The van der Waals surface area contributed by atoms with Crippen molar-refractivity contribution >= 4 is 47.2 Å². The van der Waals surface area contributed by atoms with Crippen LogP contribution in [0.15, 0.2) is 39.6 Å². The molecule has 3 rings (SSSR count). The summed E-state index contributed by atoms with van der Waals surface area (Å²) in [7, 11) is 0.634. The summed E-state index contributed by atoms with van der Waals surface area (Å²) in [5.41, 5.74) is 3.47. The van der Waals surface area contributed by atoms with E-state index < -0.39 is 8.07 Å². The largest absolute Gasteiger partial charge is 0.493 e. The number of rotatable bonds is 10. The number of aryl methyl sites for hydroxylation is 1. The molecule has 6 nitrogen and oxygen atoms in total. The minimum atomic E-state index is -1.12. The molecule has 0 saturated heterocycles. The Kier molecular flexibility index (Phi) is 8.03. The second-order valence-electron chi connectivity index (χ2n) is 8.84. The van der Waals surface area contributed by atoms with E-state index in [1.165, 1.54) is 0 Å². The second-order valence-corrected chi connectivity index (χ2v) is 15.3. The van der Waals surface area contributed by atoms with Gasteiger partial charge in [-0.2, -0.15) is 0 Å². The van der Waals surface area contributed by atoms with Crippen LogP contribution in [0.2, 0.25) is 25.7 Å². The normalized spacial score (nSPS) is 12.1. The van der Waals surface area contributed by atoms with Crippen molar-refractivity contribution in [2.24, 2.45) is 7.05 Å². The standard InChI is InChI=1S/C24H31BrN2O4Si/c1-6-30-22-15-19(31-16-29-11-12-32(3,4)5)14-18(23(22)25)9-7-17-8-10-20-21(13-17)27(2)24(28)26-20/h7-10,13-15H,6,11-12,16H2,1-5H3,(H,26,28)/b9-7+. The molecule has 0 atom stereocenters. The van der Waals surface area contributed by atoms with Crippen LogP contribution in [0.4, 0.5) is 0 Å². The third-order valence-electron chi connectivity index (χ3n) is 5.03. The van der Waals surface area contributed by atoms with Gasteiger partial charge < -0.3 is 19.2 Å². The zero-order valence-electron chi connectivity index (χ0n) is 19.3. The molecule has 1 N–H and O–H groups in total. The lowest BCUT2D eigenvalue weighted by Gasteiger charge is -2.16. The first-order valence-corrected chi connectivity index (χ1v) is 15.2. The molecule has 172 valence electrons. The maximum Gasteiger partial charge on any atom is 0.326 e. The van der Waals surface area contributed by atoms with Crippen LogP contribution in [0.5, 0.6) is 11.5 Å². The van der Waals surface area contributed by atoms with Crippen molar-refractivity contribution < 1.29 is 14.2 Å². The van der Waals surface area contributed by atoms with Gasteiger partial charge in [-0.25, -0.2) is 4.79 Å². The van der Waals surface area contributed by atoms with E-state index >= 15 is 0 Å². The molecule has 1 heterocycles. The van der Waals surface area contributed by atoms with Gasteiger partial charge in [0.2, 0.25) is 0 Å². The Labute approximate surface area is 198 Å². The molecular weight excluding hydrogens is 488 g/mol. The lowest BCUT2D eigenvalue weighted by atomic mass is 10.1. The van der Waals surface area contributed by atoms with Gasteiger partial charge in [-0.3, -0.25) is 4.57 Å². The highest BCUT2D eigenvalue weighted by Crippen LogP contribution is 2.35. The van der Waals surface area contributed by atoms with Gasteiger partial charge in [0.25, 0.3) is 0 Å². The van der Waals surface area contributed by atoms with Crippen molar-refractivity contribution in [3.8, 4) is 11.5 Å². The summed E-state index contributed by atoms with van der Waals surface area (Å²) in [6.07, 6.45) is 4.00. The Hall–Kier alpha value is -2.29. The number of hydrogen-bond donors (Lipinski definition) is 1. The first-order valence-electron chi connectivity index (χ1n) is 10.7. The van der Waals surface area contributed by atoms with E-state index in [0.717, 1.165) is 38.4 Å². The van der Waals surface area contributed by atoms with Crippen LogP contribution in [-0.2, 0) is 11.8 Å². The number of halogens is 1. The van der Waals surface area contributed by atoms with E-state index in [-0.39, 0.29) is 12.5 Å². The number of aromatic nitrogens is 2. The van der Waals surface area contributed by atoms with Gasteiger partial charge in [-0.1, -0.05) is 37.9 Å². The highest BCUT2D eigenvalue weighted by atomic mass is 79.9. The van der Waals surface area contributed by atoms with Gasteiger partial charge >= 0.3 is 5.69 Å². The number of imidazole rings is 1. The smallest absolute Gasteiger partial charge is 0.326 e. The van der Waals surface area contributed by atoms with Gasteiger partial charge in [0.1, 0.15) is 11.5 Å². The molecule has 0 spiro atoms. The molecule has 0 radical (unpaired) electrons. The highest BCUT2D eigenvalue weighted by Gasteiger charge is 2.13. The van der Waals surface area contributed by atoms with Crippen LogP contribution in [0, 0.1) is 0 Å². The summed E-state index contributed by atoms with van der Waals surface area (Å²) in [5.74, 6) is 1.41. The molecule has 2 aromatic carbocycles. The zero-order valence-corrected chi connectivity index (χ0v) is 21.9. The van der Waals surface area contributed by atoms with Crippen LogP contribution >= 0.6 is 15.9 Å². The van der Waals surface area contributed by atoms with E-state index in [1.54, 1.807) is 11.6 Å². The Morgan fingerprint density at radius 1 is 1.12 bits per heavy atom. The molecule has 0 aliphatic rings. The molecule has 0 bridgehead atoms. The second kappa shape index (κ2) is 10.5. The van der Waals surface area contributed by atoms with E-state index in [4.69, 9.17) is 14.2 Å². The Morgan fingerprint density at radius 2 is 1.91 bits per heavy atom. The first kappa shape index (κ1) is 24.4. The van der Waals surface area contributed by atoms with Gasteiger partial charge in [-0.15, -0.1) is 0 Å². The third kappa shape index (κ3) is 6.37. The lowest BCUT2D eigenvalue weighted by Crippen LogP contribution is -2.22. The highest BCUT2D eigenvalue weighted by molar-refractivity contribution is 9.10. The number of ether oxygens (including phenoxy) is 3. The average molecular weight is 520 g/mol. The molecule has 8 heteroatoms. The molecule has 0 fully saturated rings. The number of fused-ring (bicyclic) bond motifs is 1. The summed E-state index contributed by atoms with van der Waals surface area (Å²) in [5, 5.41) is 0. The molecule has 1 aromatic heterocycles. The predicted octanol–water partition coefficient (Wildman–Crippen LogP) is 5.89. The number of benzene rings is 2. The van der Waals surface area contributed by atoms with Crippen molar-refractivity contribution in [2.75, 3.05) is 20.0 Å². The van der Waals surface area contributed by atoms with Gasteiger partial charge in [-0.05, 0) is 58.2 Å². The molecule has 32 heavy (non-hydrogen) atoms. The minimum absolute atomic E-state index is 0.123. The predicted molar refractivity (Wildman–Crippen MR) is 137 cm³/mol. The number of nitrogens with zero attached hydrogens (tertiary/aromatic N) is 1. The lowest BCUT2D eigenvalue weighted by molar-refractivity contribution is 0.0219. The van der Waals surface area contributed by atoms with E-state index in [1.807, 2.05) is 49.4 Å². The molecule has 0 aliphatic carbocycles. The summed E-state index contributed by atoms with van der Waals surface area (Å²) in [6, 6.07) is 10.8. The van der Waals surface area contributed by atoms with Crippen LogP contribution in [-0.4, -0.2) is 37.6 Å². The number of hydrogen-bond acceptors (Lipinski definition) is 4. The summed E-state index contributed by atoms with van der Waals surface area (Å²) in [4.78, 5) is 14.7. The Bertz CT molecular complexity index is 1160. The fourth-order valence-corrected chi connectivity index (χ4v) is 4.37. The van der Waals surface area contributed by atoms with Crippen molar-refractivity contribution in [2.45, 2.75) is 32.6 Å². The topological polar surface area (TPSA) is 65.5 Å². The number of aromatic amines is 1. The fourth-order valence-electron chi connectivity index (χ4n) is 3.14. The molecule has 0 saturated carbocycles. The van der Waals surface area contributed by atoms with E-state index in [2.05, 4.69) is 40.6 Å². The van der Waals surface area contributed by atoms with Crippen LogP contribution in [0.1, 0.15) is 18.1 Å². The molecule has 0 amide bonds. The average Bonchev–Trinajstić information content (AvgIpc) is 3.01. The maximum atomic E-state index is 11.8. The van der Waals surface area contributed by atoms with Crippen LogP contribution in [0.3, 0.4) is 0 Å². The first-order chi connectivity index (χ1) is 15.2. The zero-order chi connectivity index (χ0) is 23.3. The van der Waals surface area contributed by atoms with Crippen LogP contribution in [0.25, 0.3) is 23.2 Å². The molecule has 0 unspecified atom stereocenters. The SMILES string of the molecule is CCOc1cc(OCOCC[Si](C)(C)C)cc(/C=C/c2ccc3[nH]c(=O)n(C)c3c2)c1Br. The summed E-state index contributed by atoms with van der Waals surface area (Å²) >= 11 is 3.65. The monoisotopic (exact) mass is 518 g/mol. The Morgan fingerprint density at radius 3 is 2.62 bits per heavy atom. The molecular formula is C24H31BrN2O4Si. The molecule has 0 aliphatic heterocycles. The minimum Gasteiger partial charge on any atom is -0.493 e. The number of nitrogens with one attached hydrogen (secondary N) is 1. The van der Waals surface area contributed by atoms with Crippen molar-refractivity contribution in [1.29, 1.82) is 0 Å². The van der Waals surface area contributed by atoms with Gasteiger partial charge in [0.05, 0.1) is 22.1 Å². The molecule has 3 aromatic rings. The van der Waals surface area contributed by atoms with Crippen molar-refractivity contribution in [1.82, 2.24) is 9.55 Å². The van der Waals surface area contributed by atoms with E-state index in [0.29, 0.717) is 19.0 Å². The van der Waals surface area contributed by atoms with E-state index in [9.17, 15) is 4.79 Å². The van der Waals surface area contributed by atoms with Crippen molar-refractivity contribution in [3.63, 3.8) is 0 Å². The summed E-state index contributed by atoms with van der Waals surface area (Å²) in [6.45, 7) is 10.4. The van der Waals surface area contributed by atoms with Gasteiger partial charge in [0.15, 0.2) is 6.79 Å². The summed E-state index contributed by atoms with van der Waals surface area (Å²) < 4.78 is 19.8. The van der Waals surface area contributed by atoms with Crippen LogP contribution < -0.4 is 15.2 Å². The fraction of sp³-hybridized carbons (Fsp3) is 0.375. The Balaban J connectivity index is 1.78. The number of H-pyrrole nitrogens is 1. The quantitative estimate of drug-likeness (QED) is 0.157.